The summed E-state index contributed by atoms with van der Waals surface area (Å²) in [5.74, 6) is 0.882. The highest BCUT2D eigenvalue weighted by atomic mass is 15.1. The molecule has 0 aliphatic carbocycles. The summed E-state index contributed by atoms with van der Waals surface area (Å²) in [6, 6.07) is 66.1. The van der Waals surface area contributed by atoms with Crippen LogP contribution in [0.4, 0.5) is 0 Å². The van der Waals surface area contributed by atoms with Crippen molar-refractivity contribution in [2.75, 3.05) is 0 Å². The molecule has 4 heteroatoms. The van der Waals surface area contributed by atoms with E-state index in [-0.39, 0.29) is 0 Å². The number of para-hydroxylation sites is 2. The second kappa shape index (κ2) is 12.0. The average molecular weight is 663 g/mol. The monoisotopic (exact) mass is 662 g/mol. The largest absolute Gasteiger partial charge is 0.309 e. The predicted octanol–water partition coefficient (Wildman–Crippen LogP) is 12.1. The minimum atomic E-state index is 0.649. The molecular weight excluding hydrogens is 633 g/mol. The number of hydrogen-bond acceptors (Lipinski definition) is 2. The third kappa shape index (κ3) is 4.80. The number of nitriles is 1. The normalized spacial score (nSPS) is 11.4. The van der Waals surface area contributed by atoms with Crippen molar-refractivity contribution in [3.8, 4) is 51.1 Å². The molecule has 0 fully saturated rings. The smallest absolute Gasteiger partial charge is 0.138 e. The van der Waals surface area contributed by atoms with Crippen LogP contribution in [0.1, 0.15) is 5.56 Å². The molecule has 0 saturated heterocycles. The van der Waals surface area contributed by atoms with Gasteiger partial charge in [0.15, 0.2) is 0 Å². The molecular formula is C48H30N4. The molecule has 0 aliphatic rings. The summed E-state index contributed by atoms with van der Waals surface area (Å²) in [5, 5.41) is 14.2. The van der Waals surface area contributed by atoms with Crippen LogP contribution in [0.15, 0.2) is 182 Å². The van der Waals surface area contributed by atoms with Gasteiger partial charge >= 0.3 is 0 Å². The quantitative estimate of drug-likeness (QED) is 0.184. The van der Waals surface area contributed by atoms with E-state index in [0.717, 1.165) is 67.1 Å². The zero-order valence-corrected chi connectivity index (χ0v) is 28.1. The third-order valence-corrected chi connectivity index (χ3v) is 10.2. The van der Waals surface area contributed by atoms with E-state index in [0.29, 0.717) is 5.56 Å². The van der Waals surface area contributed by atoms with Gasteiger partial charge in [0, 0.05) is 32.8 Å². The first kappa shape index (κ1) is 29.7. The second-order valence-corrected chi connectivity index (χ2v) is 13.2. The van der Waals surface area contributed by atoms with Gasteiger partial charge in [-0.1, -0.05) is 115 Å². The van der Waals surface area contributed by atoms with Crippen LogP contribution in [-0.2, 0) is 0 Å². The molecule has 0 saturated carbocycles. The van der Waals surface area contributed by atoms with E-state index in [1.807, 2.05) is 30.3 Å². The standard InChI is InChI=1S/C48H30N4/c49-31-32-19-23-38(24-20-32)51-44-17-9-7-15-39(44)41-25-21-36(29-47(41)51)35-22-26-46-42(27-35)40-16-8-10-18-45(40)52(46)48-30-37(33-11-3-1-4-12-33)28-43(50-48)34-13-5-2-6-14-34/h1-30H. The van der Waals surface area contributed by atoms with E-state index >= 15 is 0 Å². The molecule has 3 heterocycles. The van der Waals surface area contributed by atoms with Crippen LogP contribution in [0.3, 0.4) is 0 Å². The predicted molar refractivity (Wildman–Crippen MR) is 214 cm³/mol. The van der Waals surface area contributed by atoms with Gasteiger partial charge in [0.1, 0.15) is 5.82 Å². The van der Waals surface area contributed by atoms with Crippen LogP contribution in [0.5, 0.6) is 0 Å². The number of nitrogens with zero attached hydrogens (tertiary/aromatic N) is 4. The lowest BCUT2D eigenvalue weighted by molar-refractivity contribution is 1.08. The summed E-state index contributed by atoms with van der Waals surface area (Å²) >= 11 is 0. The van der Waals surface area contributed by atoms with Gasteiger partial charge in [-0.3, -0.25) is 4.57 Å². The Morgan fingerprint density at radius 3 is 1.69 bits per heavy atom. The number of benzene rings is 7. The molecule has 0 aliphatic heterocycles. The molecule has 3 aromatic heterocycles. The Hall–Kier alpha value is -7.22. The number of hydrogen-bond donors (Lipinski definition) is 0. The van der Waals surface area contributed by atoms with E-state index in [4.69, 9.17) is 4.98 Å². The average Bonchev–Trinajstić information content (AvgIpc) is 3.73. The molecule has 0 amide bonds. The number of aromatic nitrogens is 3. The Balaban J connectivity index is 1.17. The first-order chi connectivity index (χ1) is 25.7. The van der Waals surface area contributed by atoms with Gasteiger partial charge in [0.05, 0.1) is 39.4 Å². The van der Waals surface area contributed by atoms with Gasteiger partial charge in [-0.15, -0.1) is 0 Å². The highest BCUT2D eigenvalue weighted by Crippen LogP contribution is 2.39. The zero-order valence-electron chi connectivity index (χ0n) is 28.1. The van der Waals surface area contributed by atoms with Crippen molar-refractivity contribution in [2.45, 2.75) is 0 Å². The van der Waals surface area contributed by atoms with E-state index in [1.165, 1.54) is 21.5 Å². The van der Waals surface area contributed by atoms with Crippen LogP contribution in [0.2, 0.25) is 0 Å². The fourth-order valence-corrected chi connectivity index (χ4v) is 7.70. The minimum Gasteiger partial charge on any atom is -0.309 e. The lowest BCUT2D eigenvalue weighted by atomic mass is 10.0. The van der Waals surface area contributed by atoms with Crippen molar-refractivity contribution >= 4 is 43.6 Å². The molecule has 10 aromatic rings. The Morgan fingerprint density at radius 1 is 0.385 bits per heavy atom. The van der Waals surface area contributed by atoms with Crippen LogP contribution < -0.4 is 0 Å². The summed E-state index contributed by atoms with van der Waals surface area (Å²) in [6.45, 7) is 0. The van der Waals surface area contributed by atoms with Crippen molar-refractivity contribution in [3.05, 3.63) is 188 Å². The molecule has 10 rings (SSSR count). The van der Waals surface area contributed by atoms with Crippen LogP contribution in [-0.4, -0.2) is 14.1 Å². The number of fused-ring (bicyclic) bond motifs is 6. The number of rotatable bonds is 5. The minimum absolute atomic E-state index is 0.649. The van der Waals surface area contributed by atoms with Crippen molar-refractivity contribution < 1.29 is 0 Å². The topological polar surface area (TPSA) is 46.5 Å². The number of pyridine rings is 1. The van der Waals surface area contributed by atoms with Crippen LogP contribution >= 0.6 is 0 Å². The van der Waals surface area contributed by atoms with Crippen molar-refractivity contribution in [1.29, 1.82) is 5.26 Å². The molecule has 4 nitrogen and oxygen atoms in total. The highest BCUT2D eigenvalue weighted by Gasteiger charge is 2.18. The Morgan fingerprint density at radius 2 is 0.962 bits per heavy atom. The molecule has 0 unspecified atom stereocenters. The van der Waals surface area contributed by atoms with E-state index in [2.05, 4.69) is 167 Å². The highest BCUT2D eigenvalue weighted by molar-refractivity contribution is 6.12. The Kier molecular flexibility index (Phi) is 6.84. The molecule has 0 radical (unpaired) electrons. The summed E-state index contributed by atoms with van der Waals surface area (Å²) < 4.78 is 4.61. The second-order valence-electron chi connectivity index (χ2n) is 13.2. The molecule has 242 valence electrons. The molecule has 52 heavy (non-hydrogen) atoms. The Labute approximate surface area is 300 Å². The van der Waals surface area contributed by atoms with Gasteiger partial charge < -0.3 is 4.57 Å². The SMILES string of the molecule is N#Cc1ccc(-n2c3ccccc3c3ccc(-c4ccc5c(c4)c4ccccc4n5-c4cc(-c5ccccc5)cc(-c5ccccc5)n4)cc32)cc1. The van der Waals surface area contributed by atoms with Gasteiger partial charge in [0.25, 0.3) is 0 Å². The molecule has 0 N–H and O–H groups in total. The van der Waals surface area contributed by atoms with Crippen LogP contribution in [0.25, 0.3) is 88.6 Å². The third-order valence-electron chi connectivity index (χ3n) is 10.2. The summed E-state index contributed by atoms with van der Waals surface area (Å²) in [5.41, 5.74) is 12.7. The van der Waals surface area contributed by atoms with Crippen LogP contribution in [0, 0.1) is 11.3 Å². The van der Waals surface area contributed by atoms with Crippen molar-refractivity contribution in [2.24, 2.45) is 0 Å². The fraction of sp³-hybridized carbons (Fsp3) is 0. The van der Waals surface area contributed by atoms with Gasteiger partial charge in [-0.2, -0.15) is 5.26 Å². The van der Waals surface area contributed by atoms with E-state index in [1.54, 1.807) is 0 Å². The van der Waals surface area contributed by atoms with E-state index < -0.39 is 0 Å². The van der Waals surface area contributed by atoms with Gasteiger partial charge in [-0.05, 0) is 89.0 Å². The lowest BCUT2D eigenvalue weighted by Gasteiger charge is -2.13. The maximum atomic E-state index is 9.43. The first-order valence-electron chi connectivity index (χ1n) is 17.4. The lowest BCUT2D eigenvalue weighted by Crippen LogP contribution is -2.00. The summed E-state index contributed by atoms with van der Waals surface area (Å²) in [4.78, 5) is 5.30. The van der Waals surface area contributed by atoms with Crippen molar-refractivity contribution in [1.82, 2.24) is 14.1 Å². The fourth-order valence-electron chi connectivity index (χ4n) is 7.70. The maximum absolute atomic E-state index is 9.43. The first-order valence-corrected chi connectivity index (χ1v) is 17.4. The molecule has 7 aromatic carbocycles. The Bertz CT molecular complexity index is 2940. The summed E-state index contributed by atoms with van der Waals surface area (Å²) in [7, 11) is 0. The molecule has 0 bridgehead atoms. The summed E-state index contributed by atoms with van der Waals surface area (Å²) in [6.07, 6.45) is 0. The maximum Gasteiger partial charge on any atom is 0.138 e. The molecule has 0 spiro atoms. The van der Waals surface area contributed by atoms with Crippen molar-refractivity contribution in [3.63, 3.8) is 0 Å². The van der Waals surface area contributed by atoms with Gasteiger partial charge in [0.2, 0.25) is 0 Å². The zero-order chi connectivity index (χ0) is 34.6. The van der Waals surface area contributed by atoms with Gasteiger partial charge in [-0.25, -0.2) is 4.98 Å². The molecule has 0 atom stereocenters. The van der Waals surface area contributed by atoms with E-state index in [9.17, 15) is 5.26 Å².